The number of nitrogens with two attached hydrogens (primary N) is 4. The van der Waals surface area contributed by atoms with Crippen LogP contribution in [0.5, 0.6) is 17.2 Å². The molecule has 43 heteroatoms. The molecule has 7 aromatic rings. The number of amides is 12. The van der Waals surface area contributed by atoms with Crippen LogP contribution in [0.15, 0.2) is 137 Å². The summed E-state index contributed by atoms with van der Waals surface area (Å²) in [5, 5.41) is 73.2. The summed E-state index contributed by atoms with van der Waals surface area (Å²) >= 11 is 0. The molecule has 6 aromatic carbocycles. The Bertz CT molecular complexity index is 5940. The second-order valence-electron chi connectivity index (χ2n) is 33.5. The molecule has 6 heterocycles. The van der Waals surface area contributed by atoms with Gasteiger partial charge in [0.1, 0.15) is 66.0 Å². The Balaban J connectivity index is 0.694. The molecule has 712 valence electrons. The smallest absolute Gasteiger partial charge is 0.336 e. The van der Waals surface area contributed by atoms with Crippen molar-refractivity contribution in [2.75, 3.05) is 88.7 Å². The SMILES string of the molecule is CC[C@H](C)[C@@H]1NC(=O)c2cc(NC(=O)CNC(=O)C3CCN(c4nc(Nc5ccc(-c6c7ccc(=O)cc-7oc7cc(O)ccc67)c(C(=O)O)c5)nc(N5CCC(C(=O)NCC(=O)Nc6ccc7c(c6)C(=O)N[C@@H]([C@@H](C)CC)C(=O)N[C@@H](CCCNC(=N)N)C(=O)Nc6cc(C(N)=O)ccc6CO7)CC5)n4)CC3)ccc2OCc2ccc(C(N)=O)cc2NC(=O)[C@H](CCCNC(=N)N)NC1=O. The van der Waals surface area contributed by atoms with Crippen LogP contribution in [0, 0.1) is 34.5 Å². The minimum Gasteiger partial charge on any atom is -0.508 e. The van der Waals surface area contributed by atoms with Gasteiger partial charge in [-0.3, -0.25) is 73.1 Å². The Labute approximate surface area is 778 Å². The van der Waals surface area contributed by atoms with Crippen molar-refractivity contribution in [1.82, 2.24) is 57.5 Å². The van der Waals surface area contributed by atoms with Crippen LogP contribution in [-0.2, 0) is 51.6 Å². The normalized spacial score (nSPS) is 17.3. The predicted molar refractivity (Wildman–Crippen MR) is 502 cm³/mol. The van der Waals surface area contributed by atoms with E-state index in [0.717, 1.165) is 0 Å². The van der Waals surface area contributed by atoms with Crippen molar-refractivity contribution in [3.05, 3.63) is 177 Å². The average molecular weight is 1860 g/mol. The molecule has 43 nitrogen and oxygen atoms in total. The van der Waals surface area contributed by atoms with E-state index < -0.39 is 138 Å². The number of phenols is 1. The molecule has 1 aliphatic carbocycles. The molecule has 0 spiro atoms. The minimum atomic E-state index is -1.33. The number of carboxylic acid groups (broad SMARTS) is 1. The van der Waals surface area contributed by atoms with Crippen molar-refractivity contribution in [1.29, 1.82) is 10.8 Å². The van der Waals surface area contributed by atoms with Crippen LogP contribution >= 0.6 is 0 Å². The van der Waals surface area contributed by atoms with Gasteiger partial charge in [0.2, 0.25) is 76.9 Å². The molecule has 25 N–H and O–H groups in total. The molecule has 0 bridgehead atoms. The van der Waals surface area contributed by atoms with E-state index in [9.17, 15) is 77.3 Å². The first-order chi connectivity index (χ1) is 65.1. The van der Waals surface area contributed by atoms with Crippen molar-refractivity contribution in [3.63, 3.8) is 0 Å². The number of guanidine groups is 2. The van der Waals surface area contributed by atoms with E-state index >= 15 is 0 Å². The lowest BCUT2D eigenvalue weighted by Gasteiger charge is -2.34. The highest BCUT2D eigenvalue weighted by Gasteiger charge is 2.37. The summed E-state index contributed by atoms with van der Waals surface area (Å²) in [6.45, 7) is 6.72. The van der Waals surface area contributed by atoms with Gasteiger partial charge in [-0.15, -0.1) is 0 Å². The Morgan fingerprint density at radius 2 is 0.978 bits per heavy atom. The highest BCUT2D eigenvalue weighted by Crippen LogP contribution is 2.44. The van der Waals surface area contributed by atoms with Crippen molar-refractivity contribution in [2.24, 2.45) is 46.6 Å². The summed E-state index contributed by atoms with van der Waals surface area (Å²) in [6, 6.07) is 25.3. The molecule has 1 aromatic heterocycles. The number of carboxylic acids is 1. The minimum absolute atomic E-state index is 0.00369. The van der Waals surface area contributed by atoms with Crippen LogP contribution in [0.2, 0.25) is 0 Å². The number of nitrogens with zero attached hydrogens (tertiary/aromatic N) is 5. The zero-order valence-corrected chi connectivity index (χ0v) is 74.8. The van der Waals surface area contributed by atoms with Gasteiger partial charge in [0.25, 0.3) is 11.8 Å². The zero-order chi connectivity index (χ0) is 97.3. The standard InChI is InChI=1S/C93H106N24O19/c1-5-46(3)76-86(130)107-65(9-7-29-100-89(96)97)84(128)109-67-35-50(78(94)122)11-13-52(67)44-134-69-23-16-54(38-63(69)82(126)111-76)104-73(120)42-102-80(124)48-25-31-116(32-26-48)92-113-91(106-56-15-20-59(62(37-56)88(132)133)75-60-21-18-57(118)40-71(60)136-72-41-58(119)19-22-61(72)75)114-93(115-92)117-33-27-49(28-34-117)81(125)103-43-74(121)105-55-17-24-70-64(39-55)83(127)112-77(47(4)6-2)87(131)108-66(10-8-30-101-90(98)99)85(129)110-68-36-51(79(95)123)12-14-53(68)45-135-70/h11-24,35-41,46-49,65-66,76-77,118H,5-10,25-34,42-45H2,1-4H3,(H2,94,122)(H2,95,123)(H,102,124)(H,103,125)(H,104,120)(H,105,121)(H,107,130)(H,108,131)(H,109,128)(H,110,129)(H,111,126)(H,112,127)(H,132,133)(H4,96,97,100)(H4,98,99,101)(H,106,113,114,115)/t46-,47-,65-,66-,76-,77-/m0/s1. The fourth-order valence-corrected chi connectivity index (χ4v) is 16.2. The monoisotopic (exact) mass is 1860 g/mol. The highest BCUT2D eigenvalue weighted by molar-refractivity contribution is 6.10. The lowest BCUT2D eigenvalue weighted by atomic mass is 9.90. The van der Waals surface area contributed by atoms with Gasteiger partial charge in [-0.1, -0.05) is 58.7 Å². The van der Waals surface area contributed by atoms with E-state index in [1.165, 1.54) is 109 Å². The van der Waals surface area contributed by atoms with Crippen LogP contribution < -0.4 is 117 Å². The number of primary amides is 2. The molecule has 12 amide bonds. The zero-order valence-electron chi connectivity index (χ0n) is 74.8. The summed E-state index contributed by atoms with van der Waals surface area (Å²) in [5.41, 5.74) is 24.2. The molecular formula is C93H106N24O19. The first kappa shape index (κ1) is 97.0. The quantitative estimate of drug-likeness (QED) is 0.0134. The highest BCUT2D eigenvalue weighted by atomic mass is 16.5. The van der Waals surface area contributed by atoms with Gasteiger partial charge in [0, 0.05) is 130 Å². The van der Waals surface area contributed by atoms with Gasteiger partial charge in [-0.05, 0) is 166 Å². The number of benzene rings is 7. The predicted octanol–water partition coefficient (Wildman–Crippen LogP) is 4.88. The van der Waals surface area contributed by atoms with Crippen LogP contribution in [-0.4, -0.2) is 190 Å². The summed E-state index contributed by atoms with van der Waals surface area (Å²) in [5.74, 6) is -12.0. The van der Waals surface area contributed by atoms with Gasteiger partial charge in [0.15, 0.2) is 17.3 Å². The summed E-state index contributed by atoms with van der Waals surface area (Å²) in [7, 11) is 0. The van der Waals surface area contributed by atoms with E-state index in [1.54, 1.807) is 32.0 Å². The molecule has 5 aliphatic heterocycles. The van der Waals surface area contributed by atoms with Crippen LogP contribution in [0.1, 0.15) is 155 Å². The second-order valence-corrected chi connectivity index (χ2v) is 33.5. The molecule has 2 fully saturated rings. The third kappa shape index (κ3) is 24.2. The Hall–Kier alpha value is -16.5. The maximum atomic E-state index is 14.6. The second kappa shape index (κ2) is 43.7. The topological polar surface area (TPSA) is 664 Å². The number of hydrogen-bond acceptors (Lipinski definition) is 26. The van der Waals surface area contributed by atoms with Gasteiger partial charge in [0.05, 0.1) is 29.8 Å². The van der Waals surface area contributed by atoms with Crippen LogP contribution in [0.3, 0.4) is 0 Å². The number of nitrogens with one attached hydrogen (secondary N) is 15. The first-order valence-electron chi connectivity index (χ1n) is 44.3. The number of ether oxygens (including phenoxy) is 2. The molecule has 6 aliphatic rings. The van der Waals surface area contributed by atoms with Gasteiger partial charge in [-0.2, -0.15) is 15.0 Å². The molecule has 2 saturated heterocycles. The third-order valence-corrected chi connectivity index (χ3v) is 24.1. The number of phenolic OH excluding ortho intramolecular Hbond substituents is 1. The van der Waals surface area contributed by atoms with Gasteiger partial charge >= 0.3 is 5.97 Å². The molecule has 0 saturated carbocycles. The molecule has 6 atom stereocenters. The summed E-state index contributed by atoms with van der Waals surface area (Å²) < 4.78 is 18.5. The number of aromatic hydroxyl groups is 1. The number of fused-ring (bicyclic) bond motifs is 6. The van der Waals surface area contributed by atoms with Crippen LogP contribution in [0.25, 0.3) is 33.4 Å². The molecule has 13 rings (SSSR count). The van der Waals surface area contributed by atoms with Crippen molar-refractivity contribution >= 4 is 146 Å². The maximum absolute atomic E-state index is 14.6. The number of carbonyl (C=O) groups is 13. The number of anilines is 8. The summed E-state index contributed by atoms with van der Waals surface area (Å²) in [4.78, 5) is 211. The molecule has 136 heavy (non-hydrogen) atoms. The fraction of sp³-hybridized carbons (Fsp3) is 0.344. The summed E-state index contributed by atoms with van der Waals surface area (Å²) in [6.07, 6.45) is 2.39. The van der Waals surface area contributed by atoms with Crippen molar-refractivity contribution < 1.29 is 86.4 Å². The first-order valence-corrected chi connectivity index (χ1v) is 44.3. The van der Waals surface area contributed by atoms with E-state index in [1.807, 2.05) is 23.6 Å². The largest absolute Gasteiger partial charge is 0.508 e. The Morgan fingerprint density at radius 3 is 1.43 bits per heavy atom. The molecular weight excluding hydrogens is 1760 g/mol. The van der Waals surface area contributed by atoms with E-state index in [0.29, 0.717) is 40.5 Å². The van der Waals surface area contributed by atoms with Gasteiger partial charge in [-0.25, -0.2) is 4.79 Å². The van der Waals surface area contributed by atoms with Crippen molar-refractivity contribution in [2.45, 2.75) is 129 Å². The third-order valence-electron chi connectivity index (χ3n) is 24.1. The average Bonchev–Trinajstić information content (AvgIpc) is 0.744. The lowest BCUT2D eigenvalue weighted by Crippen LogP contribution is -2.55. The number of carbonyl (C=O) groups excluding carboxylic acids is 12. The Kier molecular flexibility index (Phi) is 31.2. The molecule has 0 unspecified atom stereocenters. The van der Waals surface area contributed by atoms with E-state index in [4.69, 9.17) is 62.6 Å². The maximum Gasteiger partial charge on any atom is 0.336 e. The van der Waals surface area contributed by atoms with Gasteiger partial charge < -0.3 is 126 Å². The number of piperidine rings is 2. The number of aromatic carboxylic acids is 1. The number of hydrogen-bond donors (Lipinski definition) is 21. The number of aromatic nitrogens is 3. The van der Waals surface area contributed by atoms with E-state index in [-0.39, 0.29) is 229 Å². The molecule has 0 radical (unpaired) electrons. The van der Waals surface area contributed by atoms with Crippen molar-refractivity contribution in [3.8, 4) is 39.7 Å². The van der Waals surface area contributed by atoms with E-state index in [2.05, 4.69) is 69.1 Å². The fourth-order valence-electron chi connectivity index (χ4n) is 16.2. The van der Waals surface area contributed by atoms with Crippen LogP contribution in [0.4, 0.5) is 46.3 Å². The lowest BCUT2D eigenvalue weighted by molar-refractivity contribution is -0.128. The number of rotatable bonds is 28. The Morgan fingerprint density at radius 1 is 0.515 bits per heavy atom.